The van der Waals surface area contributed by atoms with Crippen molar-refractivity contribution in [3.05, 3.63) is 236 Å². The van der Waals surface area contributed by atoms with Gasteiger partial charge in [-0.05, 0) is 131 Å². The van der Waals surface area contributed by atoms with Crippen LogP contribution in [0.5, 0.6) is 0 Å². The van der Waals surface area contributed by atoms with Gasteiger partial charge >= 0.3 is 0 Å². The Labute approximate surface area is 393 Å². The zero-order chi connectivity index (χ0) is 44.7. The standard InChI is InChI=1S/C64H42N4/c1-3-13-41(14-4-1)45-25-27-59-55(36-45)57-39-65-31-29-61(57)67(59)49-34-48(35-50(38-49)68-60-28-26-46(42-15-5-2-6-16-42)37-56(60)58-40-66-32-30-62(58)68)64-53-21-11-9-19-51(53)63(52-20-10-12-22-54(52)64)47-24-23-43-17-7-8-18-44(43)33-47/h1-29,31,33-40H,30,32H2. The molecule has 1 aliphatic heterocycles. The Morgan fingerprint density at radius 3 is 1.57 bits per heavy atom. The molecular weight excluding hydrogens is 825 g/mol. The van der Waals surface area contributed by atoms with Crippen LogP contribution in [0, 0.1) is 0 Å². The summed E-state index contributed by atoms with van der Waals surface area (Å²) in [5, 5.41) is 10.9. The fraction of sp³-hybridized carbons (Fsp3) is 0.0312. The molecule has 318 valence electrons. The molecule has 0 bridgehead atoms. The summed E-state index contributed by atoms with van der Waals surface area (Å²) in [6.45, 7) is 0.747. The third-order valence-corrected chi connectivity index (χ3v) is 14.3. The Bertz CT molecular complexity index is 4140. The van der Waals surface area contributed by atoms with Gasteiger partial charge in [-0.15, -0.1) is 0 Å². The van der Waals surface area contributed by atoms with Gasteiger partial charge in [0.2, 0.25) is 0 Å². The van der Waals surface area contributed by atoms with E-state index in [0.717, 1.165) is 46.3 Å². The molecule has 0 atom stereocenters. The highest BCUT2D eigenvalue weighted by Crippen LogP contribution is 2.46. The largest absolute Gasteiger partial charge is 0.313 e. The SMILES string of the molecule is C1=NCCc2c1c1cc(-c3ccccc3)ccc1n2-c1cc(-c2c3ccccc3c(-c3ccc4ccccc4c3)c3ccccc23)cc(-n2c3ccncc3c3cc(-c4ccccc4)ccc32)c1. The van der Waals surface area contributed by atoms with Crippen molar-refractivity contribution in [3.8, 4) is 55.9 Å². The minimum absolute atomic E-state index is 0.747. The zero-order valence-electron chi connectivity index (χ0n) is 37.1. The summed E-state index contributed by atoms with van der Waals surface area (Å²) in [6, 6.07) is 78.2. The Hall–Kier alpha value is -8.86. The maximum absolute atomic E-state index is 4.87. The normalized spacial score (nSPS) is 12.5. The summed E-state index contributed by atoms with van der Waals surface area (Å²) in [6.07, 6.45) is 6.90. The van der Waals surface area contributed by atoms with Crippen LogP contribution in [-0.2, 0) is 6.42 Å². The molecule has 0 saturated carbocycles. The molecule has 0 fully saturated rings. The van der Waals surface area contributed by atoms with E-state index in [-0.39, 0.29) is 0 Å². The first-order chi connectivity index (χ1) is 33.7. The molecule has 0 aliphatic carbocycles. The lowest BCUT2D eigenvalue weighted by Crippen LogP contribution is -2.08. The second-order valence-electron chi connectivity index (χ2n) is 18.0. The lowest BCUT2D eigenvalue weighted by atomic mass is 9.85. The molecule has 3 aromatic heterocycles. The molecule has 4 heterocycles. The minimum Gasteiger partial charge on any atom is -0.313 e. The molecule has 0 saturated heterocycles. The van der Waals surface area contributed by atoms with Crippen molar-refractivity contribution in [2.75, 3.05) is 6.54 Å². The van der Waals surface area contributed by atoms with E-state index < -0.39 is 0 Å². The molecule has 0 radical (unpaired) electrons. The first kappa shape index (κ1) is 38.4. The first-order valence-corrected chi connectivity index (χ1v) is 23.5. The first-order valence-electron chi connectivity index (χ1n) is 23.5. The molecule has 0 amide bonds. The van der Waals surface area contributed by atoms with Crippen LogP contribution >= 0.6 is 0 Å². The van der Waals surface area contributed by atoms with Crippen molar-refractivity contribution in [2.24, 2.45) is 4.99 Å². The molecule has 14 rings (SSSR count). The van der Waals surface area contributed by atoms with Gasteiger partial charge in [0.25, 0.3) is 0 Å². The van der Waals surface area contributed by atoms with Crippen LogP contribution in [0.25, 0.3) is 121 Å². The van der Waals surface area contributed by atoms with Crippen LogP contribution in [0.1, 0.15) is 11.3 Å². The predicted octanol–water partition coefficient (Wildman–Crippen LogP) is 16.2. The van der Waals surface area contributed by atoms with Gasteiger partial charge in [-0.25, -0.2) is 0 Å². The Morgan fingerprint density at radius 2 is 0.897 bits per heavy atom. The monoisotopic (exact) mass is 866 g/mol. The van der Waals surface area contributed by atoms with E-state index in [2.05, 4.69) is 228 Å². The average Bonchev–Trinajstić information content (AvgIpc) is 3.92. The smallest absolute Gasteiger partial charge is 0.0571 e. The molecule has 4 nitrogen and oxygen atoms in total. The number of rotatable bonds is 6. The number of aliphatic imine (C=N–C) groups is 1. The molecule has 1 aliphatic rings. The van der Waals surface area contributed by atoms with Crippen LogP contribution in [0.2, 0.25) is 0 Å². The highest BCUT2D eigenvalue weighted by molar-refractivity contribution is 6.22. The van der Waals surface area contributed by atoms with Crippen molar-refractivity contribution < 1.29 is 0 Å². The van der Waals surface area contributed by atoms with E-state index in [9.17, 15) is 0 Å². The fourth-order valence-corrected chi connectivity index (χ4v) is 11.2. The van der Waals surface area contributed by atoms with E-state index in [4.69, 9.17) is 9.98 Å². The average molecular weight is 867 g/mol. The predicted molar refractivity (Wildman–Crippen MR) is 286 cm³/mol. The van der Waals surface area contributed by atoms with E-state index in [1.54, 1.807) is 0 Å². The van der Waals surface area contributed by atoms with E-state index >= 15 is 0 Å². The summed E-state index contributed by atoms with van der Waals surface area (Å²) in [4.78, 5) is 9.56. The molecule has 13 aromatic rings. The van der Waals surface area contributed by atoms with Gasteiger partial charge in [0, 0.05) is 70.4 Å². The Morgan fingerprint density at radius 1 is 0.353 bits per heavy atom. The molecule has 0 spiro atoms. The van der Waals surface area contributed by atoms with Crippen molar-refractivity contribution in [1.82, 2.24) is 14.1 Å². The number of pyridine rings is 1. The topological polar surface area (TPSA) is 35.1 Å². The maximum Gasteiger partial charge on any atom is 0.0571 e. The van der Waals surface area contributed by atoms with Crippen LogP contribution in [-0.4, -0.2) is 26.9 Å². The van der Waals surface area contributed by atoms with Crippen molar-refractivity contribution in [1.29, 1.82) is 0 Å². The van der Waals surface area contributed by atoms with Crippen LogP contribution in [0.4, 0.5) is 0 Å². The number of benzene rings is 10. The zero-order valence-corrected chi connectivity index (χ0v) is 37.1. The van der Waals surface area contributed by atoms with Gasteiger partial charge in [-0.1, -0.05) is 158 Å². The molecule has 68 heavy (non-hydrogen) atoms. The van der Waals surface area contributed by atoms with Crippen molar-refractivity contribution in [3.63, 3.8) is 0 Å². The second-order valence-corrected chi connectivity index (χ2v) is 18.0. The van der Waals surface area contributed by atoms with Gasteiger partial charge in [-0.2, -0.15) is 0 Å². The fourth-order valence-electron chi connectivity index (χ4n) is 11.2. The molecule has 4 heteroatoms. The summed E-state index contributed by atoms with van der Waals surface area (Å²) < 4.78 is 4.98. The molecular formula is C64H42N4. The third-order valence-electron chi connectivity index (χ3n) is 14.3. The van der Waals surface area contributed by atoms with E-state index in [1.165, 1.54) is 98.8 Å². The lowest BCUT2D eigenvalue weighted by molar-refractivity contribution is 0.874. The number of hydrogen-bond donors (Lipinski definition) is 0. The van der Waals surface area contributed by atoms with Gasteiger partial charge in [0.1, 0.15) is 0 Å². The molecule has 0 unspecified atom stereocenters. The van der Waals surface area contributed by atoms with Gasteiger partial charge in [-0.3, -0.25) is 9.98 Å². The van der Waals surface area contributed by atoms with Crippen molar-refractivity contribution in [2.45, 2.75) is 6.42 Å². The summed E-state index contributed by atoms with van der Waals surface area (Å²) in [5.41, 5.74) is 17.7. The maximum atomic E-state index is 4.87. The van der Waals surface area contributed by atoms with Gasteiger partial charge in [0.15, 0.2) is 0 Å². The summed E-state index contributed by atoms with van der Waals surface area (Å²) in [7, 11) is 0. The van der Waals surface area contributed by atoms with Gasteiger partial charge < -0.3 is 9.13 Å². The number of aromatic nitrogens is 3. The van der Waals surface area contributed by atoms with Crippen LogP contribution in [0.15, 0.2) is 230 Å². The summed E-state index contributed by atoms with van der Waals surface area (Å²) in [5.74, 6) is 0. The number of fused-ring (bicyclic) bond motifs is 9. The molecule has 10 aromatic carbocycles. The Kier molecular flexibility index (Phi) is 8.68. The highest BCUT2D eigenvalue weighted by Gasteiger charge is 2.24. The third kappa shape index (κ3) is 6.01. The van der Waals surface area contributed by atoms with Gasteiger partial charge in [0.05, 0.1) is 16.6 Å². The number of hydrogen-bond acceptors (Lipinski definition) is 2. The van der Waals surface area contributed by atoms with Crippen molar-refractivity contribution >= 4 is 71.2 Å². The lowest BCUT2D eigenvalue weighted by Gasteiger charge is -2.21. The summed E-state index contributed by atoms with van der Waals surface area (Å²) >= 11 is 0. The van der Waals surface area contributed by atoms with Crippen LogP contribution < -0.4 is 0 Å². The number of nitrogens with zero attached hydrogens (tertiary/aromatic N) is 4. The Balaban J connectivity index is 1.08. The molecule has 0 N–H and O–H groups in total. The highest BCUT2D eigenvalue weighted by atomic mass is 15.0. The quantitative estimate of drug-likeness (QED) is 0.153. The second kappa shape index (κ2) is 15.4. The van der Waals surface area contributed by atoms with Crippen LogP contribution in [0.3, 0.4) is 0 Å². The van der Waals surface area contributed by atoms with E-state index in [0.29, 0.717) is 0 Å². The minimum atomic E-state index is 0.747. The van der Waals surface area contributed by atoms with E-state index in [1.807, 2.05) is 12.4 Å².